The van der Waals surface area contributed by atoms with E-state index in [0.29, 0.717) is 11.3 Å². The van der Waals surface area contributed by atoms with Crippen LogP contribution in [0.25, 0.3) is 11.0 Å². The van der Waals surface area contributed by atoms with E-state index in [4.69, 9.17) is 14.3 Å². The molecule has 2 aromatic rings. The van der Waals surface area contributed by atoms with Crippen molar-refractivity contribution in [2.75, 3.05) is 0 Å². The number of benzene rings is 1. The minimum absolute atomic E-state index is 0.0304. The molecule has 0 saturated carbocycles. The monoisotopic (exact) mass is 248 g/mol. The Kier molecular flexibility index (Phi) is 3.06. The highest BCUT2D eigenvalue weighted by atomic mass is 16.5. The Morgan fingerprint density at radius 1 is 1.39 bits per heavy atom. The molecule has 2 rings (SSSR count). The summed E-state index contributed by atoms with van der Waals surface area (Å²) in [7, 11) is 0. The molecule has 0 spiro atoms. The zero-order valence-corrected chi connectivity index (χ0v) is 9.97. The number of rotatable bonds is 3. The number of hydrogen-bond donors (Lipinski definition) is 1. The van der Waals surface area contributed by atoms with E-state index in [9.17, 15) is 9.59 Å². The topological polar surface area (TPSA) is 76.7 Å². The lowest BCUT2D eigenvalue weighted by atomic mass is 10.1. The Morgan fingerprint density at radius 3 is 2.72 bits per heavy atom. The Bertz CT molecular complexity index is 654. The molecular weight excluding hydrogens is 236 g/mol. The average molecular weight is 248 g/mol. The highest BCUT2D eigenvalue weighted by molar-refractivity contribution is 5.91. The van der Waals surface area contributed by atoms with Crippen molar-refractivity contribution in [3.8, 4) is 5.75 Å². The third-order valence-electron chi connectivity index (χ3n) is 2.35. The van der Waals surface area contributed by atoms with Crippen LogP contribution in [0.15, 0.2) is 33.7 Å². The molecule has 0 fully saturated rings. The number of carboxylic acid groups (broad SMARTS) is 1. The van der Waals surface area contributed by atoms with Crippen LogP contribution in [0.3, 0.4) is 0 Å². The molecule has 0 bridgehead atoms. The largest absolute Gasteiger partial charge is 0.491 e. The standard InChI is InChI=1S/C13H12O5/c1-7(2)18-8-3-4-11-9(5-8)12(14)10(6-17-11)13(15)16/h3-7H,1-2H3,(H,15,16). The maximum absolute atomic E-state index is 11.9. The van der Waals surface area contributed by atoms with Crippen molar-refractivity contribution in [1.29, 1.82) is 0 Å². The van der Waals surface area contributed by atoms with Crippen LogP contribution in [0, 0.1) is 0 Å². The van der Waals surface area contributed by atoms with Crippen LogP contribution in [0.4, 0.5) is 0 Å². The van der Waals surface area contributed by atoms with E-state index in [2.05, 4.69) is 0 Å². The molecule has 1 N–H and O–H groups in total. The first-order valence-corrected chi connectivity index (χ1v) is 5.44. The van der Waals surface area contributed by atoms with E-state index in [0.717, 1.165) is 6.26 Å². The first kappa shape index (κ1) is 12.2. The van der Waals surface area contributed by atoms with Crippen LogP contribution in [0.5, 0.6) is 5.75 Å². The van der Waals surface area contributed by atoms with E-state index >= 15 is 0 Å². The lowest BCUT2D eigenvalue weighted by molar-refractivity contribution is 0.0693. The maximum Gasteiger partial charge on any atom is 0.342 e. The van der Waals surface area contributed by atoms with Gasteiger partial charge in [-0.05, 0) is 32.0 Å². The van der Waals surface area contributed by atoms with Gasteiger partial charge in [-0.15, -0.1) is 0 Å². The summed E-state index contributed by atoms with van der Waals surface area (Å²) in [5.41, 5.74) is -0.622. The second-order valence-corrected chi connectivity index (χ2v) is 4.11. The molecule has 0 aliphatic rings. The van der Waals surface area contributed by atoms with Gasteiger partial charge in [0.1, 0.15) is 23.2 Å². The van der Waals surface area contributed by atoms with Crippen molar-refractivity contribution in [2.24, 2.45) is 0 Å². The molecule has 0 atom stereocenters. The number of aromatic carboxylic acids is 1. The summed E-state index contributed by atoms with van der Waals surface area (Å²) in [6, 6.07) is 4.75. The Labute approximate surface area is 103 Å². The van der Waals surface area contributed by atoms with Gasteiger partial charge < -0.3 is 14.3 Å². The van der Waals surface area contributed by atoms with Gasteiger partial charge in [0.25, 0.3) is 0 Å². The molecule has 0 unspecified atom stereocenters. The van der Waals surface area contributed by atoms with Crippen molar-refractivity contribution in [3.63, 3.8) is 0 Å². The molecule has 5 nitrogen and oxygen atoms in total. The van der Waals surface area contributed by atoms with Crippen LogP contribution in [-0.4, -0.2) is 17.2 Å². The summed E-state index contributed by atoms with van der Waals surface area (Å²) in [6.45, 7) is 3.72. The zero-order chi connectivity index (χ0) is 13.3. The molecule has 18 heavy (non-hydrogen) atoms. The molecule has 1 heterocycles. The van der Waals surface area contributed by atoms with E-state index < -0.39 is 11.4 Å². The summed E-state index contributed by atoms with van der Waals surface area (Å²) >= 11 is 0. The van der Waals surface area contributed by atoms with Gasteiger partial charge in [-0.25, -0.2) is 4.79 Å². The fraction of sp³-hybridized carbons (Fsp3) is 0.231. The van der Waals surface area contributed by atoms with Crippen molar-refractivity contribution in [3.05, 3.63) is 40.2 Å². The fourth-order valence-electron chi connectivity index (χ4n) is 1.60. The van der Waals surface area contributed by atoms with E-state index in [1.165, 1.54) is 6.07 Å². The summed E-state index contributed by atoms with van der Waals surface area (Å²) in [6.07, 6.45) is 0.924. The quantitative estimate of drug-likeness (QED) is 0.901. The van der Waals surface area contributed by atoms with Gasteiger partial charge in [-0.1, -0.05) is 0 Å². The lowest BCUT2D eigenvalue weighted by Gasteiger charge is -2.09. The Morgan fingerprint density at radius 2 is 2.11 bits per heavy atom. The van der Waals surface area contributed by atoms with E-state index in [1.807, 2.05) is 13.8 Å². The van der Waals surface area contributed by atoms with Gasteiger partial charge >= 0.3 is 5.97 Å². The summed E-state index contributed by atoms with van der Waals surface area (Å²) in [5, 5.41) is 9.05. The average Bonchev–Trinajstić information content (AvgIpc) is 2.29. The molecule has 5 heteroatoms. The number of hydrogen-bond acceptors (Lipinski definition) is 4. The molecule has 0 aliphatic heterocycles. The smallest absolute Gasteiger partial charge is 0.342 e. The fourth-order valence-corrected chi connectivity index (χ4v) is 1.60. The van der Waals surface area contributed by atoms with Gasteiger partial charge in [-0.3, -0.25) is 4.79 Å². The van der Waals surface area contributed by atoms with E-state index in [-0.39, 0.29) is 17.1 Å². The number of ether oxygens (including phenoxy) is 1. The molecule has 1 aromatic heterocycles. The van der Waals surface area contributed by atoms with Crippen molar-refractivity contribution < 1.29 is 19.1 Å². The third kappa shape index (κ3) is 2.20. The third-order valence-corrected chi connectivity index (χ3v) is 2.35. The van der Waals surface area contributed by atoms with Crippen molar-refractivity contribution in [1.82, 2.24) is 0 Å². The Hall–Kier alpha value is -2.30. The second-order valence-electron chi connectivity index (χ2n) is 4.11. The van der Waals surface area contributed by atoms with E-state index in [1.54, 1.807) is 12.1 Å². The van der Waals surface area contributed by atoms with Gasteiger partial charge in [0.15, 0.2) is 0 Å². The number of fused-ring (bicyclic) bond motifs is 1. The lowest BCUT2D eigenvalue weighted by Crippen LogP contribution is -2.14. The molecular formula is C13H12O5. The first-order chi connectivity index (χ1) is 8.49. The molecule has 94 valence electrons. The second kappa shape index (κ2) is 4.52. The van der Waals surface area contributed by atoms with Crippen molar-refractivity contribution in [2.45, 2.75) is 20.0 Å². The van der Waals surface area contributed by atoms with Gasteiger partial charge in [0, 0.05) is 0 Å². The van der Waals surface area contributed by atoms with Gasteiger partial charge in [0.05, 0.1) is 11.5 Å². The molecule has 0 radical (unpaired) electrons. The normalized spacial score (nSPS) is 10.8. The predicted molar refractivity (Wildman–Crippen MR) is 65.2 cm³/mol. The zero-order valence-electron chi connectivity index (χ0n) is 9.97. The Balaban J connectivity index is 2.63. The summed E-state index contributed by atoms with van der Waals surface area (Å²) in [5.74, 6) is -0.798. The minimum atomic E-state index is -1.30. The molecule has 0 amide bonds. The summed E-state index contributed by atoms with van der Waals surface area (Å²) < 4.78 is 10.6. The van der Waals surface area contributed by atoms with Gasteiger partial charge in [-0.2, -0.15) is 0 Å². The maximum atomic E-state index is 11.9. The highest BCUT2D eigenvalue weighted by Gasteiger charge is 2.13. The van der Waals surface area contributed by atoms with Crippen LogP contribution in [0.1, 0.15) is 24.2 Å². The van der Waals surface area contributed by atoms with Crippen LogP contribution in [-0.2, 0) is 0 Å². The number of carbonyl (C=O) groups is 1. The minimum Gasteiger partial charge on any atom is -0.491 e. The molecule has 0 saturated heterocycles. The highest BCUT2D eigenvalue weighted by Crippen LogP contribution is 2.19. The number of carboxylic acids is 1. The predicted octanol–water partition coefficient (Wildman–Crippen LogP) is 2.28. The van der Waals surface area contributed by atoms with Crippen LogP contribution >= 0.6 is 0 Å². The molecule has 1 aromatic carbocycles. The molecule has 0 aliphatic carbocycles. The SMILES string of the molecule is CC(C)Oc1ccc2occ(C(=O)O)c(=O)c2c1. The van der Waals surface area contributed by atoms with Crippen LogP contribution in [0.2, 0.25) is 0 Å². The van der Waals surface area contributed by atoms with Crippen molar-refractivity contribution >= 4 is 16.9 Å². The van der Waals surface area contributed by atoms with Crippen LogP contribution < -0.4 is 10.2 Å². The van der Waals surface area contributed by atoms with Gasteiger partial charge in [0.2, 0.25) is 5.43 Å². The first-order valence-electron chi connectivity index (χ1n) is 5.44. The summed E-state index contributed by atoms with van der Waals surface area (Å²) in [4.78, 5) is 22.7.